The number of hydrogen-bond donors (Lipinski definition) is 4. The molecule has 4 rings (SSSR count). The van der Waals surface area contributed by atoms with Crippen molar-refractivity contribution in [2.75, 3.05) is 43.4 Å². The average molecular weight is 532 g/mol. The standard InChI is InChI=1S/C28H37N9O2/c1-2-22(27(30)26(38)17-32-28(39)31-16-21-8-10-23(29)11-9-21)18-37-20-24(33-34-37)19-35-12-14-36(15-13-35)25-6-4-3-5-7-25/h3-11,20,22,30H,2,12-19,29H2,1H3,(H2,31,32,39)/t22-/m1/s1. The van der Waals surface area contributed by atoms with E-state index in [4.69, 9.17) is 11.1 Å². The Labute approximate surface area is 228 Å². The lowest BCUT2D eigenvalue weighted by Crippen LogP contribution is -2.46. The molecule has 1 fully saturated rings. The second kappa shape index (κ2) is 13.5. The van der Waals surface area contributed by atoms with Crippen molar-refractivity contribution in [2.24, 2.45) is 5.92 Å². The van der Waals surface area contributed by atoms with Crippen LogP contribution in [0.3, 0.4) is 0 Å². The number of carbonyl (C=O) groups is 2. The van der Waals surface area contributed by atoms with Gasteiger partial charge in [-0.15, -0.1) is 5.10 Å². The Hall–Kier alpha value is -4.25. The summed E-state index contributed by atoms with van der Waals surface area (Å²) >= 11 is 0. The molecule has 2 heterocycles. The van der Waals surface area contributed by atoms with E-state index < -0.39 is 11.8 Å². The molecule has 0 spiro atoms. The number of urea groups is 1. The molecule has 1 atom stereocenters. The van der Waals surface area contributed by atoms with Gasteiger partial charge in [-0.1, -0.05) is 42.5 Å². The van der Waals surface area contributed by atoms with E-state index in [9.17, 15) is 9.59 Å². The predicted octanol–water partition coefficient (Wildman–Crippen LogP) is 2.30. The zero-order chi connectivity index (χ0) is 27.6. The third-order valence-corrected chi connectivity index (χ3v) is 6.92. The first-order valence-electron chi connectivity index (χ1n) is 13.3. The summed E-state index contributed by atoms with van der Waals surface area (Å²) in [7, 11) is 0. The number of piperazine rings is 1. The summed E-state index contributed by atoms with van der Waals surface area (Å²) in [6.45, 7) is 6.92. The maximum absolute atomic E-state index is 12.6. The summed E-state index contributed by atoms with van der Waals surface area (Å²) in [6.07, 6.45) is 2.50. The Balaban J connectivity index is 1.19. The first-order chi connectivity index (χ1) is 18.9. The SMILES string of the molecule is CC[C@H](Cn1cc(CN2CCN(c3ccccc3)CC2)nn1)C(=N)C(=O)CNC(=O)NCc1ccc(N)cc1. The summed E-state index contributed by atoms with van der Waals surface area (Å²) < 4.78 is 1.71. The highest BCUT2D eigenvalue weighted by atomic mass is 16.2. The van der Waals surface area contributed by atoms with Gasteiger partial charge in [-0.2, -0.15) is 0 Å². The molecule has 0 radical (unpaired) electrons. The van der Waals surface area contributed by atoms with Gasteiger partial charge in [-0.3, -0.25) is 14.4 Å². The van der Waals surface area contributed by atoms with Crippen molar-refractivity contribution >= 4 is 28.9 Å². The number of nitrogens with one attached hydrogen (secondary N) is 3. The molecule has 2 amide bonds. The second-order valence-electron chi connectivity index (χ2n) is 9.75. The number of aromatic nitrogens is 3. The molecular formula is C28H37N9O2. The van der Waals surface area contributed by atoms with Crippen LogP contribution in [0.2, 0.25) is 0 Å². The van der Waals surface area contributed by atoms with E-state index in [1.54, 1.807) is 16.8 Å². The highest BCUT2D eigenvalue weighted by Crippen LogP contribution is 2.17. The summed E-state index contributed by atoms with van der Waals surface area (Å²) in [4.78, 5) is 29.5. The van der Waals surface area contributed by atoms with Gasteiger partial charge in [0.25, 0.3) is 0 Å². The van der Waals surface area contributed by atoms with Gasteiger partial charge in [-0.05, 0) is 36.2 Å². The molecule has 11 heteroatoms. The maximum Gasteiger partial charge on any atom is 0.315 e. The minimum Gasteiger partial charge on any atom is -0.399 e. The zero-order valence-corrected chi connectivity index (χ0v) is 22.3. The van der Waals surface area contributed by atoms with Crippen molar-refractivity contribution in [3.8, 4) is 0 Å². The Kier molecular flexibility index (Phi) is 9.63. The quantitative estimate of drug-likeness (QED) is 0.207. The van der Waals surface area contributed by atoms with Crippen LogP contribution in [0.4, 0.5) is 16.2 Å². The number of rotatable bonds is 12. The summed E-state index contributed by atoms with van der Waals surface area (Å²) in [5.74, 6) is -0.734. The zero-order valence-electron chi connectivity index (χ0n) is 22.3. The fourth-order valence-corrected chi connectivity index (χ4v) is 4.55. The lowest BCUT2D eigenvalue weighted by Gasteiger charge is -2.35. The molecule has 0 aliphatic carbocycles. The third kappa shape index (κ3) is 8.11. The van der Waals surface area contributed by atoms with Crippen molar-refractivity contribution in [1.29, 1.82) is 5.41 Å². The van der Waals surface area contributed by atoms with Crippen molar-refractivity contribution < 1.29 is 9.59 Å². The van der Waals surface area contributed by atoms with Gasteiger partial charge in [0.05, 0.1) is 24.5 Å². The number of hydrogen-bond acceptors (Lipinski definition) is 8. The van der Waals surface area contributed by atoms with Crippen LogP contribution in [0.25, 0.3) is 0 Å². The van der Waals surface area contributed by atoms with E-state index in [1.165, 1.54) is 5.69 Å². The van der Waals surface area contributed by atoms with E-state index >= 15 is 0 Å². The number of para-hydroxylation sites is 1. The number of nitrogens with two attached hydrogens (primary N) is 1. The number of Topliss-reactive ketones (excluding diaryl/α,β-unsaturated/α-hetero) is 1. The minimum atomic E-state index is -0.466. The van der Waals surface area contributed by atoms with Crippen LogP contribution in [0.5, 0.6) is 0 Å². The van der Waals surface area contributed by atoms with Gasteiger partial charge < -0.3 is 26.7 Å². The molecule has 3 aromatic rings. The van der Waals surface area contributed by atoms with E-state index in [-0.39, 0.29) is 18.2 Å². The molecule has 1 saturated heterocycles. The van der Waals surface area contributed by atoms with Crippen LogP contribution >= 0.6 is 0 Å². The Morgan fingerprint density at radius 3 is 2.44 bits per heavy atom. The Morgan fingerprint density at radius 1 is 1.03 bits per heavy atom. The van der Waals surface area contributed by atoms with Gasteiger partial charge in [0.1, 0.15) is 0 Å². The van der Waals surface area contributed by atoms with Crippen molar-refractivity contribution in [3.63, 3.8) is 0 Å². The molecule has 0 unspecified atom stereocenters. The number of anilines is 2. The van der Waals surface area contributed by atoms with Crippen LogP contribution in [-0.2, 0) is 24.4 Å². The van der Waals surface area contributed by atoms with Crippen molar-refractivity contribution in [2.45, 2.75) is 33.0 Å². The second-order valence-corrected chi connectivity index (χ2v) is 9.75. The van der Waals surface area contributed by atoms with Gasteiger partial charge in [0, 0.05) is 62.8 Å². The molecule has 1 aliphatic rings. The third-order valence-electron chi connectivity index (χ3n) is 6.92. The molecule has 5 N–H and O–H groups in total. The first kappa shape index (κ1) is 27.8. The minimum absolute atomic E-state index is 0.0228. The highest BCUT2D eigenvalue weighted by Gasteiger charge is 2.22. The van der Waals surface area contributed by atoms with Crippen LogP contribution in [-0.4, -0.2) is 70.1 Å². The van der Waals surface area contributed by atoms with Crippen LogP contribution in [0.15, 0.2) is 60.8 Å². The molecular weight excluding hydrogens is 494 g/mol. The fraction of sp³-hybridized carbons (Fsp3) is 0.393. The van der Waals surface area contributed by atoms with Crippen LogP contribution < -0.4 is 21.3 Å². The molecule has 1 aromatic heterocycles. The van der Waals surface area contributed by atoms with E-state index in [0.29, 0.717) is 31.7 Å². The topological polar surface area (TPSA) is 145 Å². The Morgan fingerprint density at radius 2 is 1.74 bits per heavy atom. The molecule has 11 nitrogen and oxygen atoms in total. The lowest BCUT2D eigenvalue weighted by atomic mass is 9.97. The number of nitrogen functional groups attached to an aromatic ring is 1. The summed E-state index contributed by atoms with van der Waals surface area (Å²) in [5.41, 5.74) is 9.31. The monoisotopic (exact) mass is 531 g/mol. The Bertz CT molecular complexity index is 1240. The smallest absolute Gasteiger partial charge is 0.315 e. The molecule has 1 aliphatic heterocycles. The molecule has 2 aromatic carbocycles. The fourth-order valence-electron chi connectivity index (χ4n) is 4.55. The van der Waals surface area contributed by atoms with Crippen LogP contribution in [0.1, 0.15) is 24.6 Å². The van der Waals surface area contributed by atoms with Gasteiger partial charge in [0.2, 0.25) is 0 Å². The number of amides is 2. The van der Waals surface area contributed by atoms with Gasteiger partial charge in [-0.25, -0.2) is 4.79 Å². The van der Waals surface area contributed by atoms with E-state index in [1.807, 2.05) is 31.3 Å². The number of ketones is 1. The maximum atomic E-state index is 12.6. The predicted molar refractivity (Wildman–Crippen MR) is 152 cm³/mol. The molecule has 0 saturated carbocycles. The van der Waals surface area contributed by atoms with E-state index in [0.717, 1.165) is 37.4 Å². The number of nitrogens with zero attached hydrogens (tertiary/aromatic N) is 5. The first-order valence-corrected chi connectivity index (χ1v) is 13.3. The highest BCUT2D eigenvalue weighted by molar-refractivity contribution is 6.40. The van der Waals surface area contributed by atoms with Crippen molar-refractivity contribution in [1.82, 2.24) is 30.5 Å². The van der Waals surface area contributed by atoms with Crippen LogP contribution in [0, 0.1) is 11.3 Å². The molecule has 39 heavy (non-hydrogen) atoms. The van der Waals surface area contributed by atoms with Gasteiger partial charge in [0.15, 0.2) is 5.78 Å². The largest absolute Gasteiger partial charge is 0.399 e. The molecule has 206 valence electrons. The number of carbonyl (C=O) groups excluding carboxylic acids is 2. The van der Waals surface area contributed by atoms with Crippen molar-refractivity contribution in [3.05, 3.63) is 72.1 Å². The normalized spacial score (nSPS) is 14.5. The van der Waals surface area contributed by atoms with E-state index in [2.05, 4.69) is 55.0 Å². The number of benzene rings is 2. The lowest BCUT2D eigenvalue weighted by molar-refractivity contribution is -0.112. The molecule has 0 bridgehead atoms. The summed E-state index contributed by atoms with van der Waals surface area (Å²) in [6, 6.07) is 17.1. The van der Waals surface area contributed by atoms with Gasteiger partial charge >= 0.3 is 6.03 Å². The average Bonchev–Trinajstić information content (AvgIpc) is 3.41. The summed E-state index contributed by atoms with van der Waals surface area (Å²) in [5, 5.41) is 22.2.